The van der Waals surface area contributed by atoms with E-state index in [1.807, 2.05) is 0 Å². The summed E-state index contributed by atoms with van der Waals surface area (Å²) in [4.78, 5) is 9.83. The monoisotopic (exact) mass is 194 g/mol. The molecule has 0 saturated heterocycles. The van der Waals surface area contributed by atoms with Gasteiger partial charge in [0.15, 0.2) is 0 Å². The maximum atomic E-state index is 9.83. The smallest absolute Gasteiger partial charge is 0.330 e. The van der Waals surface area contributed by atoms with E-state index in [1.54, 1.807) is 6.92 Å². The minimum Gasteiger partial charge on any atom is -0.478 e. The SMILES string of the molecule is C1=CC2CCC1C2.C=C(CC)C(=O)O. The fraction of sp³-hybridized carbons (Fsp3) is 0.583. The number of carbonyl (C=O) groups is 1. The van der Waals surface area contributed by atoms with Crippen LogP contribution in [0.2, 0.25) is 0 Å². The van der Waals surface area contributed by atoms with Crippen molar-refractivity contribution in [1.82, 2.24) is 0 Å². The number of fused-ring (bicyclic) bond motifs is 2. The first kappa shape index (κ1) is 11.0. The van der Waals surface area contributed by atoms with Gasteiger partial charge in [-0.1, -0.05) is 25.7 Å². The summed E-state index contributed by atoms with van der Waals surface area (Å²) in [7, 11) is 0. The highest BCUT2D eigenvalue weighted by atomic mass is 16.4. The molecule has 0 aliphatic heterocycles. The Morgan fingerprint density at radius 3 is 2.00 bits per heavy atom. The molecule has 2 bridgehead atoms. The van der Waals surface area contributed by atoms with Gasteiger partial charge in [-0.15, -0.1) is 0 Å². The highest BCUT2D eigenvalue weighted by molar-refractivity contribution is 5.85. The predicted octanol–water partition coefficient (Wildman–Crippen LogP) is 3.01. The number of carboxylic acid groups (broad SMARTS) is 1. The lowest BCUT2D eigenvalue weighted by atomic mass is 10.1. The Morgan fingerprint density at radius 1 is 1.43 bits per heavy atom. The van der Waals surface area contributed by atoms with E-state index < -0.39 is 5.97 Å². The summed E-state index contributed by atoms with van der Waals surface area (Å²) >= 11 is 0. The van der Waals surface area contributed by atoms with Crippen LogP contribution < -0.4 is 0 Å². The molecule has 1 N–H and O–H groups in total. The van der Waals surface area contributed by atoms with Gasteiger partial charge < -0.3 is 5.11 Å². The van der Waals surface area contributed by atoms with Gasteiger partial charge in [0.1, 0.15) is 0 Å². The molecule has 14 heavy (non-hydrogen) atoms. The van der Waals surface area contributed by atoms with E-state index in [0.29, 0.717) is 6.42 Å². The van der Waals surface area contributed by atoms with Crippen LogP contribution in [0.3, 0.4) is 0 Å². The van der Waals surface area contributed by atoms with Gasteiger partial charge in [0.05, 0.1) is 0 Å². The molecule has 2 aliphatic carbocycles. The van der Waals surface area contributed by atoms with Gasteiger partial charge in [-0.3, -0.25) is 0 Å². The molecule has 0 amide bonds. The number of allylic oxidation sites excluding steroid dienone is 2. The van der Waals surface area contributed by atoms with Gasteiger partial charge in [-0.05, 0) is 37.5 Å². The van der Waals surface area contributed by atoms with Crippen molar-refractivity contribution in [2.45, 2.75) is 32.6 Å². The second kappa shape index (κ2) is 4.99. The van der Waals surface area contributed by atoms with Gasteiger partial charge in [-0.25, -0.2) is 4.79 Å². The molecule has 1 fully saturated rings. The van der Waals surface area contributed by atoms with Crippen LogP contribution in [0.1, 0.15) is 32.6 Å². The fourth-order valence-corrected chi connectivity index (χ4v) is 1.87. The first-order chi connectivity index (χ1) is 6.63. The summed E-state index contributed by atoms with van der Waals surface area (Å²) in [6.07, 6.45) is 9.71. The predicted molar refractivity (Wildman–Crippen MR) is 57.0 cm³/mol. The molecule has 0 spiro atoms. The maximum Gasteiger partial charge on any atom is 0.330 e. The molecule has 0 aromatic heterocycles. The van der Waals surface area contributed by atoms with Crippen LogP contribution in [0.4, 0.5) is 0 Å². The molecule has 0 radical (unpaired) electrons. The average Bonchev–Trinajstić information content (AvgIpc) is 2.80. The van der Waals surface area contributed by atoms with Crippen LogP contribution in [0, 0.1) is 11.8 Å². The van der Waals surface area contributed by atoms with Gasteiger partial charge in [-0.2, -0.15) is 0 Å². The molecule has 0 aromatic carbocycles. The summed E-state index contributed by atoms with van der Waals surface area (Å²) < 4.78 is 0. The summed E-state index contributed by atoms with van der Waals surface area (Å²) in [5.74, 6) is 1.08. The van der Waals surface area contributed by atoms with E-state index in [4.69, 9.17) is 5.11 Å². The van der Waals surface area contributed by atoms with E-state index in [-0.39, 0.29) is 5.57 Å². The zero-order valence-electron chi connectivity index (χ0n) is 8.70. The number of aliphatic carboxylic acids is 1. The van der Waals surface area contributed by atoms with Crippen LogP contribution in [0.15, 0.2) is 24.3 Å². The molecule has 2 heteroatoms. The lowest BCUT2D eigenvalue weighted by Gasteiger charge is -1.96. The first-order valence-corrected chi connectivity index (χ1v) is 5.22. The lowest BCUT2D eigenvalue weighted by molar-refractivity contribution is -0.132. The molecule has 2 rings (SSSR count). The van der Waals surface area contributed by atoms with E-state index >= 15 is 0 Å². The zero-order chi connectivity index (χ0) is 10.6. The van der Waals surface area contributed by atoms with Crippen LogP contribution in [0.25, 0.3) is 0 Å². The second-order valence-corrected chi connectivity index (χ2v) is 3.98. The number of hydrogen-bond donors (Lipinski definition) is 1. The van der Waals surface area contributed by atoms with Crippen molar-refractivity contribution >= 4 is 5.97 Å². The van der Waals surface area contributed by atoms with Gasteiger partial charge in [0.2, 0.25) is 0 Å². The van der Waals surface area contributed by atoms with Gasteiger partial charge in [0, 0.05) is 5.57 Å². The molecule has 1 saturated carbocycles. The fourth-order valence-electron chi connectivity index (χ4n) is 1.87. The molecule has 2 atom stereocenters. The Bertz CT molecular complexity index is 241. The van der Waals surface area contributed by atoms with Crippen molar-refractivity contribution in [1.29, 1.82) is 0 Å². The van der Waals surface area contributed by atoms with Crippen molar-refractivity contribution in [2.24, 2.45) is 11.8 Å². The average molecular weight is 194 g/mol. The normalized spacial score (nSPS) is 26.9. The van der Waals surface area contributed by atoms with Crippen LogP contribution in [-0.4, -0.2) is 11.1 Å². The molecule has 2 unspecified atom stereocenters. The molecule has 2 aliphatic rings. The minimum atomic E-state index is -0.900. The third kappa shape index (κ3) is 3.02. The summed E-state index contributed by atoms with van der Waals surface area (Å²) in [5, 5.41) is 8.08. The van der Waals surface area contributed by atoms with Crippen LogP contribution in [0.5, 0.6) is 0 Å². The quantitative estimate of drug-likeness (QED) is 0.542. The Morgan fingerprint density at radius 2 is 1.93 bits per heavy atom. The Balaban J connectivity index is 0.000000140. The van der Waals surface area contributed by atoms with Crippen LogP contribution in [-0.2, 0) is 4.79 Å². The summed E-state index contributed by atoms with van der Waals surface area (Å²) in [6.45, 7) is 5.03. The Kier molecular flexibility index (Phi) is 3.93. The largest absolute Gasteiger partial charge is 0.478 e. The third-order valence-corrected chi connectivity index (χ3v) is 2.90. The highest BCUT2D eigenvalue weighted by Crippen LogP contribution is 2.38. The molecule has 2 nitrogen and oxygen atoms in total. The Labute approximate surface area is 85.3 Å². The lowest BCUT2D eigenvalue weighted by Crippen LogP contribution is -1.95. The summed E-state index contributed by atoms with van der Waals surface area (Å²) in [6, 6.07) is 0. The maximum absolute atomic E-state index is 9.83. The third-order valence-electron chi connectivity index (χ3n) is 2.90. The highest BCUT2D eigenvalue weighted by Gasteiger charge is 2.25. The molecular weight excluding hydrogens is 176 g/mol. The number of rotatable bonds is 2. The van der Waals surface area contributed by atoms with E-state index in [0.717, 1.165) is 11.8 Å². The summed E-state index contributed by atoms with van der Waals surface area (Å²) in [5.41, 5.74) is 0.264. The van der Waals surface area contributed by atoms with Gasteiger partial charge in [0.25, 0.3) is 0 Å². The number of hydrogen-bond acceptors (Lipinski definition) is 1. The van der Waals surface area contributed by atoms with E-state index in [2.05, 4.69) is 18.7 Å². The van der Waals surface area contributed by atoms with Crippen molar-refractivity contribution in [3.8, 4) is 0 Å². The van der Waals surface area contributed by atoms with E-state index in [1.165, 1.54) is 19.3 Å². The zero-order valence-corrected chi connectivity index (χ0v) is 8.70. The van der Waals surface area contributed by atoms with Crippen LogP contribution >= 0.6 is 0 Å². The van der Waals surface area contributed by atoms with Crippen molar-refractivity contribution in [2.75, 3.05) is 0 Å². The first-order valence-electron chi connectivity index (χ1n) is 5.22. The molecule has 0 aromatic rings. The molecule has 78 valence electrons. The van der Waals surface area contributed by atoms with Gasteiger partial charge >= 0.3 is 5.97 Å². The van der Waals surface area contributed by atoms with Crippen molar-refractivity contribution in [3.05, 3.63) is 24.3 Å². The molecule has 0 heterocycles. The molecular formula is C12H18O2. The number of carboxylic acids is 1. The topological polar surface area (TPSA) is 37.3 Å². The van der Waals surface area contributed by atoms with Crippen molar-refractivity contribution < 1.29 is 9.90 Å². The van der Waals surface area contributed by atoms with E-state index in [9.17, 15) is 4.79 Å². The minimum absolute atomic E-state index is 0.264. The van der Waals surface area contributed by atoms with Crippen molar-refractivity contribution in [3.63, 3.8) is 0 Å². The standard InChI is InChI=1S/C7H10.C5H8O2/c1-2-7-4-3-6(1)5-7;1-3-4(2)5(6)7/h1-2,6-7H,3-5H2;2-3H2,1H3,(H,6,7). The second-order valence-electron chi connectivity index (χ2n) is 3.98. The Hall–Kier alpha value is -1.05.